The minimum atomic E-state index is -1.10. The van der Waals surface area contributed by atoms with Crippen molar-refractivity contribution in [1.29, 1.82) is 0 Å². The summed E-state index contributed by atoms with van der Waals surface area (Å²) in [4.78, 5) is 0. The molecule has 0 aromatic carbocycles. The van der Waals surface area contributed by atoms with Crippen molar-refractivity contribution in [2.45, 2.75) is 52.4 Å². The van der Waals surface area contributed by atoms with Crippen LogP contribution in [0.3, 0.4) is 0 Å². The Bertz CT molecular complexity index is 79.5. The molecule has 0 amide bonds. The van der Waals surface area contributed by atoms with Gasteiger partial charge in [0.05, 0.1) is 0 Å². The third-order valence-electron chi connectivity index (χ3n) is 1.46. The summed E-state index contributed by atoms with van der Waals surface area (Å²) in [6.07, 6.45) is 3.52. The van der Waals surface area contributed by atoms with Crippen molar-refractivity contribution in [2.24, 2.45) is 5.73 Å². The Morgan fingerprint density at radius 2 is 1.75 bits per heavy atom. The molecule has 12 heavy (non-hydrogen) atoms. The molecule has 4 heteroatoms. The van der Waals surface area contributed by atoms with Crippen molar-refractivity contribution >= 4 is 7.12 Å². The molecule has 3 nitrogen and oxygen atoms in total. The van der Waals surface area contributed by atoms with Gasteiger partial charge in [0.2, 0.25) is 0 Å². The standard InChI is InChI=1S/C4H11BO2.C4H11N/c1-2-3-4-5(6)7;1-3-4(2)5/h6-7H,2-4H2,1H3;4H,3,5H2,1-2H3. The Balaban J connectivity index is 0. The van der Waals surface area contributed by atoms with E-state index in [1.807, 2.05) is 13.8 Å². The van der Waals surface area contributed by atoms with E-state index in [4.69, 9.17) is 15.8 Å². The summed E-state index contributed by atoms with van der Waals surface area (Å²) in [5, 5.41) is 16.5. The highest BCUT2D eigenvalue weighted by atomic mass is 16.4. The maximum Gasteiger partial charge on any atom is 0.451 e. The average molecular weight is 175 g/mol. The minimum Gasteiger partial charge on any atom is -0.427 e. The van der Waals surface area contributed by atoms with Gasteiger partial charge in [-0.3, -0.25) is 0 Å². The maximum absolute atomic E-state index is 8.24. The maximum atomic E-state index is 8.24. The van der Waals surface area contributed by atoms with Crippen molar-refractivity contribution in [3.8, 4) is 0 Å². The molecule has 0 aromatic heterocycles. The highest BCUT2D eigenvalue weighted by molar-refractivity contribution is 6.40. The predicted octanol–water partition coefficient (Wildman–Crippen LogP) is 1.00. The summed E-state index contributed by atoms with van der Waals surface area (Å²) in [7, 11) is -1.10. The SMILES string of the molecule is CCC(C)N.CCCCB(O)O. The second-order valence-corrected chi connectivity index (χ2v) is 3.01. The van der Waals surface area contributed by atoms with E-state index in [-0.39, 0.29) is 0 Å². The lowest BCUT2D eigenvalue weighted by Crippen LogP contribution is -2.11. The fraction of sp³-hybridized carbons (Fsp3) is 1.00. The van der Waals surface area contributed by atoms with Gasteiger partial charge in [-0.1, -0.05) is 26.7 Å². The van der Waals surface area contributed by atoms with Crippen LogP contribution in [0.1, 0.15) is 40.0 Å². The smallest absolute Gasteiger partial charge is 0.427 e. The first-order chi connectivity index (χ1) is 5.54. The Morgan fingerprint density at radius 1 is 1.33 bits per heavy atom. The summed E-state index contributed by atoms with van der Waals surface area (Å²) in [5.41, 5.74) is 5.29. The summed E-state index contributed by atoms with van der Waals surface area (Å²) in [6.45, 7) is 6.09. The van der Waals surface area contributed by atoms with Gasteiger partial charge in [0.15, 0.2) is 0 Å². The fourth-order valence-electron chi connectivity index (χ4n) is 0.387. The first-order valence-corrected chi connectivity index (χ1v) is 4.66. The molecule has 0 aromatic rings. The van der Waals surface area contributed by atoms with Crippen LogP contribution in [0.2, 0.25) is 6.32 Å². The summed E-state index contributed by atoms with van der Waals surface area (Å²) in [5.74, 6) is 0. The van der Waals surface area contributed by atoms with E-state index < -0.39 is 7.12 Å². The zero-order valence-corrected chi connectivity index (χ0v) is 8.45. The van der Waals surface area contributed by atoms with Crippen LogP contribution in [0.5, 0.6) is 0 Å². The van der Waals surface area contributed by atoms with E-state index >= 15 is 0 Å². The van der Waals surface area contributed by atoms with Crippen LogP contribution >= 0.6 is 0 Å². The average Bonchev–Trinajstić information content (AvgIpc) is 2.02. The normalized spacial score (nSPS) is 11.5. The molecule has 4 N–H and O–H groups in total. The molecule has 0 heterocycles. The lowest BCUT2D eigenvalue weighted by atomic mass is 9.84. The number of rotatable bonds is 4. The van der Waals surface area contributed by atoms with E-state index in [1.165, 1.54) is 0 Å². The Morgan fingerprint density at radius 3 is 1.83 bits per heavy atom. The van der Waals surface area contributed by atoms with Crippen LogP contribution in [-0.4, -0.2) is 23.2 Å². The third-order valence-corrected chi connectivity index (χ3v) is 1.46. The van der Waals surface area contributed by atoms with Crippen molar-refractivity contribution in [2.75, 3.05) is 0 Å². The first-order valence-electron chi connectivity index (χ1n) is 4.66. The molecule has 74 valence electrons. The van der Waals surface area contributed by atoms with Gasteiger partial charge in [-0.05, 0) is 19.7 Å². The number of hydrogen-bond donors (Lipinski definition) is 3. The zero-order valence-electron chi connectivity index (χ0n) is 8.45. The third kappa shape index (κ3) is 22.5. The molecular formula is C8H22BNO2. The number of unbranched alkanes of at least 4 members (excludes halogenated alkanes) is 1. The zero-order chi connectivity index (χ0) is 9.98. The molecule has 0 aliphatic carbocycles. The number of nitrogens with two attached hydrogens (primary N) is 1. The van der Waals surface area contributed by atoms with Gasteiger partial charge in [-0.15, -0.1) is 0 Å². The molecule has 0 fully saturated rings. The van der Waals surface area contributed by atoms with Gasteiger partial charge < -0.3 is 15.8 Å². The van der Waals surface area contributed by atoms with Gasteiger partial charge in [-0.2, -0.15) is 0 Å². The van der Waals surface area contributed by atoms with E-state index in [0.29, 0.717) is 12.4 Å². The topological polar surface area (TPSA) is 66.5 Å². The highest BCUT2D eigenvalue weighted by Gasteiger charge is 2.02. The molecule has 0 rings (SSSR count). The quantitative estimate of drug-likeness (QED) is 0.558. The highest BCUT2D eigenvalue weighted by Crippen LogP contribution is 1.94. The summed E-state index contributed by atoms with van der Waals surface area (Å²) < 4.78 is 0. The Hall–Kier alpha value is -0.0551. The molecule has 1 unspecified atom stereocenters. The van der Waals surface area contributed by atoms with Crippen molar-refractivity contribution < 1.29 is 10.0 Å². The molecule has 0 saturated carbocycles. The first kappa shape index (κ1) is 14.5. The molecule has 0 aliphatic rings. The van der Waals surface area contributed by atoms with Crippen LogP contribution in [0.25, 0.3) is 0 Å². The van der Waals surface area contributed by atoms with Crippen LogP contribution in [0.15, 0.2) is 0 Å². The molecule has 0 saturated heterocycles. The van der Waals surface area contributed by atoms with E-state index in [2.05, 4.69) is 6.92 Å². The van der Waals surface area contributed by atoms with Gasteiger partial charge in [0, 0.05) is 6.04 Å². The van der Waals surface area contributed by atoms with Crippen LogP contribution in [-0.2, 0) is 0 Å². The van der Waals surface area contributed by atoms with Gasteiger partial charge in [-0.25, -0.2) is 0 Å². The van der Waals surface area contributed by atoms with Crippen LogP contribution in [0.4, 0.5) is 0 Å². The van der Waals surface area contributed by atoms with E-state index in [9.17, 15) is 0 Å². The molecule has 0 aliphatic heterocycles. The molecule has 0 bridgehead atoms. The summed E-state index contributed by atoms with van der Waals surface area (Å²) in [6, 6.07) is 0.384. The predicted molar refractivity (Wildman–Crippen MR) is 53.8 cm³/mol. The van der Waals surface area contributed by atoms with Gasteiger partial charge in [0.25, 0.3) is 0 Å². The number of hydrogen-bond acceptors (Lipinski definition) is 3. The van der Waals surface area contributed by atoms with E-state index in [0.717, 1.165) is 19.3 Å². The van der Waals surface area contributed by atoms with Crippen molar-refractivity contribution in [3.63, 3.8) is 0 Å². The molecule has 1 atom stereocenters. The monoisotopic (exact) mass is 175 g/mol. The second-order valence-electron chi connectivity index (χ2n) is 3.01. The lowest BCUT2D eigenvalue weighted by molar-refractivity contribution is 0.403. The molecule has 0 radical (unpaired) electrons. The van der Waals surface area contributed by atoms with Gasteiger partial charge >= 0.3 is 7.12 Å². The van der Waals surface area contributed by atoms with Crippen LogP contribution < -0.4 is 5.73 Å². The molecular weight excluding hydrogens is 153 g/mol. The largest absolute Gasteiger partial charge is 0.451 e. The Labute approximate surface area is 76.1 Å². The minimum absolute atomic E-state index is 0.384. The van der Waals surface area contributed by atoms with Crippen molar-refractivity contribution in [1.82, 2.24) is 0 Å². The van der Waals surface area contributed by atoms with E-state index in [1.54, 1.807) is 0 Å². The lowest BCUT2D eigenvalue weighted by Gasteiger charge is -1.91. The van der Waals surface area contributed by atoms with Crippen LogP contribution in [0, 0.1) is 0 Å². The Kier molecular flexibility index (Phi) is 13.2. The van der Waals surface area contributed by atoms with Crippen molar-refractivity contribution in [3.05, 3.63) is 0 Å². The second kappa shape index (κ2) is 10.9. The molecule has 0 spiro atoms. The summed E-state index contributed by atoms with van der Waals surface area (Å²) >= 11 is 0. The van der Waals surface area contributed by atoms with Gasteiger partial charge in [0.1, 0.15) is 0 Å². The fourth-order valence-corrected chi connectivity index (χ4v) is 0.387.